The number of halogens is 5. The Morgan fingerprint density at radius 3 is 2.46 bits per heavy atom. The van der Waals surface area contributed by atoms with E-state index in [0.717, 1.165) is 18.2 Å². The van der Waals surface area contributed by atoms with E-state index in [-0.39, 0.29) is 42.5 Å². The number of carbonyl (C=O) groups is 3. The lowest BCUT2D eigenvalue weighted by Gasteiger charge is -2.34. The second-order valence-corrected chi connectivity index (χ2v) is 9.59. The molecule has 12 heteroatoms. The SMILES string of the molecule is Nc1cc2c(cc1F)C1(CC2)OC(=O)N(CC(=O)N(Cc2ccc(F)cc2)[C@@H](C2CC2)C(F)(F)F)C1=O. The van der Waals surface area contributed by atoms with E-state index >= 15 is 0 Å². The second-order valence-electron chi connectivity index (χ2n) is 9.59. The number of nitrogens with two attached hydrogens (primary N) is 1. The summed E-state index contributed by atoms with van der Waals surface area (Å²) in [6, 6.07) is 4.84. The Kier molecular flexibility index (Phi) is 5.87. The molecule has 3 amide bonds. The largest absolute Gasteiger partial charge is 0.427 e. The maximum absolute atomic E-state index is 14.2. The minimum Gasteiger partial charge on any atom is -0.427 e. The average Bonchev–Trinajstić information content (AvgIpc) is 3.55. The molecule has 1 saturated carbocycles. The molecule has 5 rings (SSSR count). The monoisotopic (exact) mass is 523 g/mol. The summed E-state index contributed by atoms with van der Waals surface area (Å²) in [6.45, 7) is -1.50. The molecule has 0 aromatic heterocycles. The third-order valence-electron chi connectivity index (χ3n) is 7.10. The first-order valence-corrected chi connectivity index (χ1v) is 11.6. The third kappa shape index (κ3) is 4.38. The zero-order chi connectivity index (χ0) is 26.7. The number of ether oxygens (including phenoxy) is 1. The molecule has 37 heavy (non-hydrogen) atoms. The molecule has 1 spiro atoms. The van der Waals surface area contributed by atoms with Gasteiger partial charge in [-0.05, 0) is 60.6 Å². The van der Waals surface area contributed by atoms with Crippen LogP contribution in [0.2, 0.25) is 0 Å². The molecular formula is C25H22F5N3O4. The molecule has 3 aliphatic rings. The average molecular weight is 523 g/mol. The van der Waals surface area contributed by atoms with Gasteiger partial charge in [-0.1, -0.05) is 12.1 Å². The van der Waals surface area contributed by atoms with Crippen LogP contribution in [-0.2, 0) is 32.9 Å². The summed E-state index contributed by atoms with van der Waals surface area (Å²) in [5.41, 5.74) is 4.42. The zero-order valence-electron chi connectivity index (χ0n) is 19.4. The van der Waals surface area contributed by atoms with Gasteiger partial charge >= 0.3 is 12.3 Å². The first-order chi connectivity index (χ1) is 17.4. The molecule has 2 atom stereocenters. The number of fused-ring (bicyclic) bond motifs is 2. The van der Waals surface area contributed by atoms with Crippen LogP contribution >= 0.6 is 0 Å². The molecular weight excluding hydrogens is 501 g/mol. The summed E-state index contributed by atoms with van der Waals surface area (Å²) in [7, 11) is 0. The summed E-state index contributed by atoms with van der Waals surface area (Å²) in [4.78, 5) is 40.4. The topological polar surface area (TPSA) is 92.9 Å². The van der Waals surface area contributed by atoms with E-state index in [1.807, 2.05) is 0 Å². The number of carbonyl (C=O) groups excluding carboxylic acids is 3. The summed E-state index contributed by atoms with van der Waals surface area (Å²) >= 11 is 0. The van der Waals surface area contributed by atoms with E-state index in [1.54, 1.807) is 0 Å². The second kappa shape index (κ2) is 8.70. The Hall–Kier alpha value is -3.70. The van der Waals surface area contributed by atoms with Crippen LogP contribution in [-0.4, -0.2) is 46.5 Å². The number of benzene rings is 2. The van der Waals surface area contributed by atoms with Gasteiger partial charge in [-0.2, -0.15) is 13.2 Å². The normalized spacial score (nSPS) is 21.8. The highest BCUT2D eigenvalue weighted by Crippen LogP contribution is 2.47. The number of amides is 3. The zero-order valence-corrected chi connectivity index (χ0v) is 19.4. The van der Waals surface area contributed by atoms with Crippen molar-refractivity contribution in [2.24, 2.45) is 5.92 Å². The van der Waals surface area contributed by atoms with Gasteiger partial charge in [0, 0.05) is 18.5 Å². The lowest BCUT2D eigenvalue weighted by Crippen LogP contribution is -2.53. The molecule has 2 aromatic carbocycles. The highest BCUT2D eigenvalue weighted by molar-refractivity contribution is 6.06. The highest BCUT2D eigenvalue weighted by atomic mass is 19.4. The van der Waals surface area contributed by atoms with E-state index in [2.05, 4.69) is 0 Å². The Labute approximate surface area is 208 Å². The van der Waals surface area contributed by atoms with Gasteiger partial charge in [0.05, 0.1) is 5.69 Å². The highest BCUT2D eigenvalue weighted by Gasteiger charge is 2.59. The number of hydrogen-bond donors (Lipinski definition) is 1. The Balaban J connectivity index is 1.43. The number of aryl methyl sites for hydroxylation is 1. The molecule has 0 bridgehead atoms. The molecule has 1 heterocycles. The minimum absolute atomic E-state index is 0.0208. The molecule has 1 saturated heterocycles. The number of anilines is 1. The Bertz CT molecular complexity index is 1280. The first-order valence-electron chi connectivity index (χ1n) is 11.6. The minimum atomic E-state index is -4.77. The summed E-state index contributed by atoms with van der Waals surface area (Å²) < 4.78 is 75.0. The van der Waals surface area contributed by atoms with Crippen molar-refractivity contribution in [1.82, 2.24) is 9.80 Å². The van der Waals surface area contributed by atoms with Gasteiger partial charge in [-0.25, -0.2) is 18.5 Å². The van der Waals surface area contributed by atoms with Gasteiger partial charge in [0.2, 0.25) is 11.5 Å². The maximum Gasteiger partial charge on any atom is 0.418 e. The van der Waals surface area contributed by atoms with Crippen molar-refractivity contribution in [1.29, 1.82) is 0 Å². The van der Waals surface area contributed by atoms with Crippen LogP contribution in [0.4, 0.5) is 32.4 Å². The van der Waals surface area contributed by atoms with Gasteiger partial charge in [0.1, 0.15) is 24.2 Å². The molecule has 2 fully saturated rings. The number of rotatable bonds is 6. The number of imide groups is 1. The van der Waals surface area contributed by atoms with Crippen LogP contribution < -0.4 is 5.73 Å². The van der Waals surface area contributed by atoms with E-state index in [9.17, 15) is 36.3 Å². The molecule has 2 aromatic rings. The van der Waals surface area contributed by atoms with Gasteiger partial charge in [-0.15, -0.1) is 0 Å². The predicted octanol–water partition coefficient (Wildman–Crippen LogP) is 4.04. The molecule has 7 nitrogen and oxygen atoms in total. The quantitative estimate of drug-likeness (QED) is 0.456. The van der Waals surface area contributed by atoms with Crippen molar-refractivity contribution in [2.75, 3.05) is 12.3 Å². The van der Waals surface area contributed by atoms with Gasteiger partial charge in [0.25, 0.3) is 5.91 Å². The van der Waals surface area contributed by atoms with Gasteiger partial charge in [-0.3, -0.25) is 9.59 Å². The van der Waals surface area contributed by atoms with Crippen molar-refractivity contribution in [2.45, 2.75) is 50.0 Å². The van der Waals surface area contributed by atoms with Crippen molar-refractivity contribution >= 4 is 23.6 Å². The predicted molar refractivity (Wildman–Crippen MR) is 119 cm³/mol. The standard InChI is InChI=1S/C25H22F5N3O4/c26-16-5-1-13(2-6-16)11-32(21(14-3-4-14)25(28,29)30)20(34)12-33-22(35)24(37-23(33)36)8-7-15-9-19(31)18(27)10-17(15)24/h1-2,5-6,9-10,14,21H,3-4,7-8,11-12,31H2/t21-,24?/m0/s1. The molecule has 2 aliphatic carbocycles. The van der Waals surface area contributed by atoms with Crippen molar-refractivity contribution in [3.05, 3.63) is 64.7 Å². The van der Waals surface area contributed by atoms with E-state index in [1.165, 1.54) is 18.2 Å². The van der Waals surface area contributed by atoms with Gasteiger partial charge in [0.15, 0.2) is 0 Å². The lowest BCUT2D eigenvalue weighted by atomic mass is 9.94. The van der Waals surface area contributed by atoms with Gasteiger partial charge < -0.3 is 15.4 Å². The third-order valence-corrected chi connectivity index (χ3v) is 7.10. The lowest BCUT2D eigenvalue weighted by molar-refractivity contribution is -0.196. The molecule has 0 radical (unpaired) electrons. The van der Waals surface area contributed by atoms with Crippen molar-refractivity contribution in [3.8, 4) is 0 Å². The number of nitrogen functional groups attached to an aromatic ring is 1. The van der Waals surface area contributed by atoms with Crippen molar-refractivity contribution in [3.63, 3.8) is 0 Å². The summed E-state index contributed by atoms with van der Waals surface area (Å²) in [5.74, 6) is -4.32. The van der Waals surface area contributed by atoms with Crippen LogP contribution in [0.15, 0.2) is 36.4 Å². The van der Waals surface area contributed by atoms with Crippen LogP contribution in [0, 0.1) is 17.6 Å². The molecule has 1 unspecified atom stereocenters. The number of hydrogen-bond acceptors (Lipinski definition) is 5. The van der Waals surface area contributed by atoms with E-state index < -0.39 is 66.4 Å². The molecule has 196 valence electrons. The number of nitrogens with zero attached hydrogens (tertiary/aromatic N) is 2. The molecule has 1 aliphatic heterocycles. The Morgan fingerprint density at radius 1 is 1.16 bits per heavy atom. The summed E-state index contributed by atoms with van der Waals surface area (Å²) in [6.07, 6.45) is -5.23. The summed E-state index contributed by atoms with van der Waals surface area (Å²) in [5, 5.41) is 0. The fourth-order valence-corrected chi connectivity index (χ4v) is 5.14. The Morgan fingerprint density at radius 2 is 1.84 bits per heavy atom. The fraction of sp³-hybridized carbons (Fsp3) is 0.400. The maximum atomic E-state index is 14.2. The number of alkyl halides is 3. The van der Waals surface area contributed by atoms with Crippen molar-refractivity contribution < 1.29 is 41.1 Å². The first kappa shape index (κ1) is 25.0. The van der Waals surface area contributed by atoms with Crippen LogP contribution in [0.25, 0.3) is 0 Å². The molecule has 2 N–H and O–H groups in total. The van der Waals surface area contributed by atoms with Crippen LogP contribution in [0.3, 0.4) is 0 Å². The van der Waals surface area contributed by atoms with Crippen LogP contribution in [0.5, 0.6) is 0 Å². The fourth-order valence-electron chi connectivity index (χ4n) is 5.14. The van der Waals surface area contributed by atoms with E-state index in [0.29, 0.717) is 15.4 Å². The van der Waals surface area contributed by atoms with Crippen LogP contribution in [0.1, 0.15) is 36.0 Å². The smallest absolute Gasteiger partial charge is 0.418 e. The van der Waals surface area contributed by atoms with E-state index in [4.69, 9.17) is 10.5 Å².